The van der Waals surface area contributed by atoms with Crippen LogP contribution in [-0.2, 0) is 14.4 Å². The Hall–Kier alpha value is -4.18. The predicted octanol–water partition coefficient (Wildman–Crippen LogP) is 4.18. The molecule has 0 saturated carbocycles. The molecule has 3 N–H and O–H groups in total. The first-order valence-corrected chi connectivity index (χ1v) is 11.6. The molecule has 0 bridgehead atoms. The topological polar surface area (TPSA) is 118 Å². The summed E-state index contributed by atoms with van der Waals surface area (Å²) in [6, 6.07) is 17.6. The van der Waals surface area contributed by atoms with Crippen molar-refractivity contribution in [3.05, 3.63) is 81.8 Å². The van der Waals surface area contributed by atoms with Crippen molar-refractivity contribution < 1.29 is 23.9 Å². The molecule has 0 atom stereocenters. The van der Waals surface area contributed by atoms with Gasteiger partial charge in [-0.25, -0.2) is 5.43 Å². The lowest BCUT2D eigenvalue weighted by Gasteiger charge is -2.11. The highest BCUT2D eigenvalue weighted by atomic mass is 79.9. The van der Waals surface area contributed by atoms with E-state index in [1.165, 1.54) is 13.3 Å². The van der Waals surface area contributed by atoms with Gasteiger partial charge in [-0.2, -0.15) is 5.10 Å². The van der Waals surface area contributed by atoms with Gasteiger partial charge in [0.25, 0.3) is 5.91 Å². The fourth-order valence-corrected chi connectivity index (χ4v) is 3.42. The number of ether oxygens (including phenoxy) is 2. The van der Waals surface area contributed by atoms with Gasteiger partial charge in [-0.3, -0.25) is 14.4 Å². The molecular formula is C26H25BrN4O5. The molecule has 0 saturated heterocycles. The Morgan fingerprint density at radius 2 is 1.61 bits per heavy atom. The molecule has 0 aliphatic rings. The van der Waals surface area contributed by atoms with Crippen LogP contribution < -0.4 is 25.5 Å². The molecule has 0 radical (unpaired) electrons. The molecule has 36 heavy (non-hydrogen) atoms. The fraction of sp³-hybridized carbons (Fsp3) is 0.154. The highest BCUT2D eigenvalue weighted by molar-refractivity contribution is 9.10. The summed E-state index contributed by atoms with van der Waals surface area (Å²) in [6.07, 6.45) is 1.36. The van der Waals surface area contributed by atoms with Crippen molar-refractivity contribution in [3.8, 4) is 11.5 Å². The number of para-hydroxylation sites is 1. The zero-order valence-corrected chi connectivity index (χ0v) is 21.5. The van der Waals surface area contributed by atoms with E-state index in [2.05, 4.69) is 37.1 Å². The molecule has 3 aromatic rings. The van der Waals surface area contributed by atoms with E-state index in [0.717, 1.165) is 15.6 Å². The van der Waals surface area contributed by atoms with Crippen molar-refractivity contribution in [2.24, 2.45) is 5.10 Å². The maximum atomic E-state index is 12.2. The van der Waals surface area contributed by atoms with Crippen LogP contribution in [0.5, 0.6) is 11.5 Å². The number of nitrogens with one attached hydrogen (secondary N) is 3. The van der Waals surface area contributed by atoms with E-state index in [1.54, 1.807) is 30.3 Å². The lowest BCUT2D eigenvalue weighted by Crippen LogP contribution is -2.32. The Labute approximate surface area is 217 Å². The summed E-state index contributed by atoms with van der Waals surface area (Å²) in [5, 5.41) is 9.17. The molecule has 0 fully saturated rings. The van der Waals surface area contributed by atoms with Gasteiger partial charge in [0.15, 0.2) is 18.1 Å². The standard InChI is InChI=1S/C26H25BrN4O5/c1-16-5-4-6-17(2)24(16)30-25(33)26(34)31-28-14-18-7-12-21(22(13-18)35-3)36-15-23(32)29-20-10-8-19(27)9-11-20/h4-14H,15H2,1-3H3,(H,29,32)(H,30,33)(H,31,34)/b28-14-. The van der Waals surface area contributed by atoms with E-state index < -0.39 is 11.8 Å². The number of halogens is 1. The van der Waals surface area contributed by atoms with Gasteiger partial charge in [0.05, 0.1) is 13.3 Å². The number of carbonyl (C=O) groups excluding carboxylic acids is 3. The average Bonchev–Trinajstić information content (AvgIpc) is 2.86. The van der Waals surface area contributed by atoms with Crippen LogP contribution in [0, 0.1) is 13.8 Å². The highest BCUT2D eigenvalue weighted by Crippen LogP contribution is 2.27. The number of rotatable bonds is 8. The van der Waals surface area contributed by atoms with Crippen LogP contribution in [0.1, 0.15) is 16.7 Å². The van der Waals surface area contributed by atoms with Gasteiger partial charge >= 0.3 is 11.8 Å². The molecule has 3 aromatic carbocycles. The van der Waals surface area contributed by atoms with Crippen molar-refractivity contribution in [1.29, 1.82) is 0 Å². The summed E-state index contributed by atoms with van der Waals surface area (Å²) in [6.45, 7) is 3.47. The normalized spacial score (nSPS) is 10.6. The summed E-state index contributed by atoms with van der Waals surface area (Å²) < 4.78 is 11.8. The Morgan fingerprint density at radius 1 is 0.917 bits per heavy atom. The van der Waals surface area contributed by atoms with Gasteiger partial charge in [0.1, 0.15) is 0 Å². The minimum Gasteiger partial charge on any atom is -0.493 e. The molecule has 0 aliphatic heterocycles. The predicted molar refractivity (Wildman–Crippen MR) is 142 cm³/mol. The molecule has 9 nitrogen and oxygen atoms in total. The quantitative estimate of drug-likeness (QED) is 0.220. The van der Waals surface area contributed by atoms with E-state index in [9.17, 15) is 14.4 Å². The van der Waals surface area contributed by atoms with Crippen molar-refractivity contribution in [3.63, 3.8) is 0 Å². The second-order valence-electron chi connectivity index (χ2n) is 7.67. The number of nitrogens with zero attached hydrogens (tertiary/aromatic N) is 1. The summed E-state index contributed by atoms with van der Waals surface area (Å²) in [7, 11) is 1.46. The number of hydrazone groups is 1. The first kappa shape index (κ1) is 26.4. The van der Waals surface area contributed by atoms with Crippen LogP contribution >= 0.6 is 15.9 Å². The molecule has 186 valence electrons. The largest absolute Gasteiger partial charge is 0.493 e. The third-order valence-corrected chi connectivity index (χ3v) is 5.51. The molecule has 0 heterocycles. The molecule has 3 amide bonds. The van der Waals surface area contributed by atoms with Gasteiger partial charge in [-0.1, -0.05) is 34.1 Å². The Kier molecular flexibility index (Phi) is 9.18. The maximum Gasteiger partial charge on any atom is 0.329 e. The van der Waals surface area contributed by atoms with E-state index in [-0.39, 0.29) is 12.5 Å². The number of hydrogen-bond donors (Lipinski definition) is 3. The Morgan fingerprint density at radius 3 is 2.28 bits per heavy atom. The number of carbonyl (C=O) groups is 3. The minimum absolute atomic E-state index is 0.217. The highest BCUT2D eigenvalue weighted by Gasteiger charge is 2.15. The monoisotopic (exact) mass is 552 g/mol. The van der Waals surface area contributed by atoms with Gasteiger partial charge in [0.2, 0.25) is 0 Å². The Bertz CT molecular complexity index is 1270. The summed E-state index contributed by atoms with van der Waals surface area (Å²) in [5.74, 6) is -1.33. The smallest absolute Gasteiger partial charge is 0.329 e. The molecule has 3 rings (SSSR count). The van der Waals surface area contributed by atoms with Gasteiger partial charge < -0.3 is 20.1 Å². The van der Waals surface area contributed by atoms with Crippen LogP contribution in [-0.4, -0.2) is 37.7 Å². The van der Waals surface area contributed by atoms with E-state index in [0.29, 0.717) is 28.4 Å². The maximum absolute atomic E-state index is 12.2. The summed E-state index contributed by atoms with van der Waals surface area (Å²) in [5.41, 5.74) is 5.71. The first-order chi connectivity index (χ1) is 17.3. The first-order valence-electron chi connectivity index (χ1n) is 10.8. The zero-order valence-electron chi connectivity index (χ0n) is 19.9. The van der Waals surface area contributed by atoms with Crippen molar-refractivity contribution >= 4 is 51.2 Å². The molecule has 0 unspecified atom stereocenters. The van der Waals surface area contributed by atoms with Gasteiger partial charge in [-0.15, -0.1) is 0 Å². The van der Waals surface area contributed by atoms with Crippen LogP contribution in [0.15, 0.2) is 70.2 Å². The third-order valence-electron chi connectivity index (χ3n) is 4.98. The SMILES string of the molecule is COc1cc(/C=N\NC(=O)C(=O)Nc2c(C)cccc2C)ccc1OCC(=O)Nc1ccc(Br)cc1. The van der Waals surface area contributed by atoms with Crippen LogP contribution in [0.2, 0.25) is 0 Å². The number of hydrogen-bond acceptors (Lipinski definition) is 6. The second kappa shape index (κ2) is 12.5. The fourth-order valence-electron chi connectivity index (χ4n) is 3.16. The molecular weight excluding hydrogens is 528 g/mol. The Balaban J connectivity index is 1.54. The lowest BCUT2D eigenvalue weighted by atomic mass is 10.1. The van der Waals surface area contributed by atoms with Crippen LogP contribution in [0.4, 0.5) is 11.4 Å². The molecule has 0 aliphatic carbocycles. The average molecular weight is 553 g/mol. The second-order valence-corrected chi connectivity index (χ2v) is 8.59. The molecule has 0 spiro atoms. The molecule has 0 aromatic heterocycles. The van der Waals surface area contributed by atoms with E-state index >= 15 is 0 Å². The van der Waals surface area contributed by atoms with E-state index in [1.807, 2.05) is 44.2 Å². The van der Waals surface area contributed by atoms with Crippen molar-refractivity contribution in [2.45, 2.75) is 13.8 Å². The number of aryl methyl sites for hydroxylation is 2. The lowest BCUT2D eigenvalue weighted by molar-refractivity contribution is -0.136. The van der Waals surface area contributed by atoms with Crippen LogP contribution in [0.3, 0.4) is 0 Å². The summed E-state index contributed by atoms with van der Waals surface area (Å²) in [4.78, 5) is 36.5. The molecule has 10 heteroatoms. The van der Waals surface area contributed by atoms with E-state index in [4.69, 9.17) is 9.47 Å². The van der Waals surface area contributed by atoms with Crippen LogP contribution in [0.25, 0.3) is 0 Å². The number of anilines is 2. The zero-order chi connectivity index (χ0) is 26.1. The number of amides is 3. The minimum atomic E-state index is -0.905. The van der Waals surface area contributed by atoms with Gasteiger partial charge in [0, 0.05) is 15.8 Å². The summed E-state index contributed by atoms with van der Waals surface area (Å²) >= 11 is 3.34. The third kappa shape index (κ3) is 7.41. The number of benzene rings is 3. The van der Waals surface area contributed by atoms with Gasteiger partial charge in [-0.05, 0) is 73.0 Å². The number of methoxy groups -OCH3 is 1. The van der Waals surface area contributed by atoms with Crippen molar-refractivity contribution in [2.75, 3.05) is 24.4 Å². The van der Waals surface area contributed by atoms with Crippen molar-refractivity contribution in [1.82, 2.24) is 5.43 Å².